The average molecular weight is 257 g/mol. The lowest BCUT2D eigenvalue weighted by molar-refractivity contribution is 0.423. The molecule has 1 N–H and O–H groups in total. The Kier molecular flexibility index (Phi) is 6.50. The summed E-state index contributed by atoms with van der Waals surface area (Å²) in [5.41, 5.74) is 0. The quantitative estimate of drug-likeness (QED) is 0.722. The minimum Gasteiger partial charge on any atom is -0.308 e. The first kappa shape index (κ1) is 14.4. The van der Waals surface area contributed by atoms with Crippen LogP contribution in [0.15, 0.2) is 0 Å². The van der Waals surface area contributed by atoms with Crippen molar-refractivity contribution in [2.75, 3.05) is 18.1 Å². The zero-order chi connectivity index (χ0) is 12.7. The lowest BCUT2D eigenvalue weighted by atomic mass is 10.2. The fraction of sp³-hybridized carbons (Fsp3) is 0.909. The second-order valence-electron chi connectivity index (χ2n) is 4.10. The Labute approximate surface area is 108 Å². The Morgan fingerprint density at radius 3 is 2.76 bits per heavy atom. The highest BCUT2D eigenvalue weighted by Crippen LogP contribution is 2.17. The Bertz CT molecular complexity index is 315. The molecule has 1 rings (SSSR count). The van der Waals surface area contributed by atoms with E-state index in [1.165, 1.54) is 5.75 Å². The summed E-state index contributed by atoms with van der Waals surface area (Å²) in [5.74, 6) is 3.26. The molecule has 0 amide bonds. The van der Waals surface area contributed by atoms with E-state index in [1.54, 1.807) is 0 Å². The largest absolute Gasteiger partial charge is 0.308 e. The molecular formula is C11H23N5S. The topological polar surface area (TPSA) is 55.6 Å². The Balaban J connectivity index is 2.60. The molecule has 0 saturated carbocycles. The summed E-state index contributed by atoms with van der Waals surface area (Å²) in [4.78, 5) is 0. The molecule has 0 saturated heterocycles. The van der Waals surface area contributed by atoms with Gasteiger partial charge >= 0.3 is 0 Å². The van der Waals surface area contributed by atoms with Crippen molar-refractivity contribution in [3.63, 3.8) is 0 Å². The smallest absolute Gasteiger partial charge is 0.168 e. The van der Waals surface area contributed by atoms with Gasteiger partial charge < -0.3 is 5.32 Å². The molecule has 2 unspecified atom stereocenters. The first-order valence-electron chi connectivity index (χ1n) is 6.29. The van der Waals surface area contributed by atoms with E-state index in [2.05, 4.69) is 48.5 Å². The average Bonchev–Trinajstić information content (AvgIpc) is 2.78. The number of rotatable bonds is 8. The van der Waals surface area contributed by atoms with Crippen molar-refractivity contribution >= 4 is 11.8 Å². The maximum absolute atomic E-state index is 4.12. The van der Waals surface area contributed by atoms with Crippen LogP contribution in [0.1, 0.15) is 52.0 Å². The van der Waals surface area contributed by atoms with E-state index in [-0.39, 0.29) is 6.04 Å². The van der Waals surface area contributed by atoms with Crippen LogP contribution in [-0.2, 0) is 0 Å². The molecule has 1 aromatic rings. The number of aromatic nitrogens is 4. The van der Waals surface area contributed by atoms with Crippen molar-refractivity contribution in [1.29, 1.82) is 0 Å². The predicted molar refractivity (Wildman–Crippen MR) is 72.2 cm³/mol. The van der Waals surface area contributed by atoms with Gasteiger partial charge in [0.2, 0.25) is 0 Å². The lowest BCUT2D eigenvalue weighted by Gasteiger charge is -2.16. The standard InChI is InChI=1S/C11H23N5S/c1-5-12-10(4)11-13-14-15-16(11)9(3)7-8-17-6-2/h9-10,12H,5-8H2,1-4H3. The van der Waals surface area contributed by atoms with Crippen molar-refractivity contribution in [1.82, 2.24) is 25.5 Å². The van der Waals surface area contributed by atoms with Gasteiger partial charge in [0.25, 0.3) is 0 Å². The van der Waals surface area contributed by atoms with Crippen LogP contribution >= 0.6 is 11.8 Å². The molecule has 1 heterocycles. The monoisotopic (exact) mass is 257 g/mol. The van der Waals surface area contributed by atoms with E-state index in [0.29, 0.717) is 6.04 Å². The van der Waals surface area contributed by atoms with Crippen molar-refractivity contribution < 1.29 is 0 Å². The van der Waals surface area contributed by atoms with Gasteiger partial charge in [0.15, 0.2) is 5.82 Å². The van der Waals surface area contributed by atoms with Gasteiger partial charge in [-0.2, -0.15) is 11.8 Å². The van der Waals surface area contributed by atoms with Crippen molar-refractivity contribution in [3.05, 3.63) is 5.82 Å². The van der Waals surface area contributed by atoms with Crippen LogP contribution in [0, 0.1) is 0 Å². The zero-order valence-electron chi connectivity index (χ0n) is 11.2. The van der Waals surface area contributed by atoms with Gasteiger partial charge in [0.05, 0.1) is 12.1 Å². The molecule has 17 heavy (non-hydrogen) atoms. The zero-order valence-corrected chi connectivity index (χ0v) is 12.0. The van der Waals surface area contributed by atoms with Gasteiger partial charge in [0, 0.05) is 0 Å². The number of hydrogen-bond donors (Lipinski definition) is 1. The highest BCUT2D eigenvalue weighted by molar-refractivity contribution is 7.99. The number of tetrazole rings is 1. The van der Waals surface area contributed by atoms with E-state index < -0.39 is 0 Å². The van der Waals surface area contributed by atoms with Gasteiger partial charge in [-0.25, -0.2) is 4.68 Å². The van der Waals surface area contributed by atoms with Crippen LogP contribution in [0.3, 0.4) is 0 Å². The second-order valence-corrected chi connectivity index (χ2v) is 5.49. The molecule has 0 fully saturated rings. The highest BCUT2D eigenvalue weighted by Gasteiger charge is 2.17. The normalized spacial score (nSPS) is 14.8. The van der Waals surface area contributed by atoms with Crippen LogP contribution in [0.5, 0.6) is 0 Å². The van der Waals surface area contributed by atoms with Crippen LogP contribution in [0.4, 0.5) is 0 Å². The SMILES string of the molecule is CCNC(C)c1nnnn1C(C)CCSCC. The van der Waals surface area contributed by atoms with E-state index in [9.17, 15) is 0 Å². The summed E-state index contributed by atoms with van der Waals surface area (Å²) >= 11 is 1.96. The van der Waals surface area contributed by atoms with E-state index in [0.717, 1.165) is 24.5 Å². The molecule has 98 valence electrons. The van der Waals surface area contributed by atoms with Crippen molar-refractivity contribution in [2.24, 2.45) is 0 Å². The minimum absolute atomic E-state index is 0.205. The minimum atomic E-state index is 0.205. The van der Waals surface area contributed by atoms with E-state index in [1.807, 2.05) is 16.4 Å². The van der Waals surface area contributed by atoms with Crippen LogP contribution < -0.4 is 5.32 Å². The Morgan fingerprint density at radius 1 is 1.35 bits per heavy atom. The summed E-state index contributed by atoms with van der Waals surface area (Å²) < 4.78 is 1.95. The fourth-order valence-corrected chi connectivity index (χ4v) is 2.51. The maximum atomic E-state index is 4.12. The number of hydrogen-bond acceptors (Lipinski definition) is 5. The van der Waals surface area contributed by atoms with Gasteiger partial charge in [-0.05, 0) is 48.7 Å². The molecule has 5 nitrogen and oxygen atoms in total. The first-order chi connectivity index (χ1) is 8.20. The Morgan fingerprint density at radius 2 is 2.12 bits per heavy atom. The van der Waals surface area contributed by atoms with Gasteiger partial charge in [0.1, 0.15) is 0 Å². The molecule has 0 aliphatic rings. The fourth-order valence-electron chi connectivity index (χ4n) is 1.72. The van der Waals surface area contributed by atoms with Crippen molar-refractivity contribution in [2.45, 2.75) is 46.2 Å². The molecule has 0 aliphatic heterocycles. The third-order valence-electron chi connectivity index (χ3n) is 2.72. The molecular weight excluding hydrogens is 234 g/mol. The molecule has 0 aliphatic carbocycles. The predicted octanol–water partition coefficient (Wildman–Crippen LogP) is 2.05. The lowest BCUT2D eigenvalue weighted by Crippen LogP contribution is -2.23. The molecule has 6 heteroatoms. The van der Waals surface area contributed by atoms with E-state index >= 15 is 0 Å². The van der Waals surface area contributed by atoms with Crippen molar-refractivity contribution in [3.8, 4) is 0 Å². The van der Waals surface area contributed by atoms with Gasteiger partial charge in [-0.15, -0.1) is 5.10 Å². The molecule has 0 spiro atoms. The molecule has 1 aromatic heterocycles. The molecule has 2 atom stereocenters. The summed E-state index contributed by atoms with van der Waals surface area (Å²) in [6.45, 7) is 9.47. The van der Waals surface area contributed by atoms with Gasteiger partial charge in [-0.3, -0.25) is 0 Å². The number of nitrogens with one attached hydrogen (secondary N) is 1. The second kappa shape index (κ2) is 7.66. The Hall–Kier alpha value is -0.620. The third-order valence-corrected chi connectivity index (χ3v) is 3.65. The molecule has 0 aromatic carbocycles. The molecule has 0 bridgehead atoms. The summed E-state index contributed by atoms with van der Waals surface area (Å²) in [6.07, 6.45) is 1.11. The number of nitrogens with zero attached hydrogens (tertiary/aromatic N) is 4. The van der Waals surface area contributed by atoms with Crippen LogP contribution in [0.2, 0.25) is 0 Å². The summed E-state index contributed by atoms with van der Waals surface area (Å²) in [6, 6.07) is 0.566. The van der Waals surface area contributed by atoms with Crippen LogP contribution in [0.25, 0.3) is 0 Å². The summed E-state index contributed by atoms with van der Waals surface area (Å²) in [7, 11) is 0. The third kappa shape index (κ3) is 4.27. The van der Waals surface area contributed by atoms with E-state index in [4.69, 9.17) is 0 Å². The van der Waals surface area contributed by atoms with Gasteiger partial charge in [-0.1, -0.05) is 13.8 Å². The van der Waals surface area contributed by atoms with Crippen LogP contribution in [-0.4, -0.2) is 38.3 Å². The maximum Gasteiger partial charge on any atom is 0.168 e. The number of thioether (sulfide) groups is 1. The summed E-state index contributed by atoms with van der Waals surface area (Å²) in [5, 5.41) is 15.4. The highest BCUT2D eigenvalue weighted by atomic mass is 32.2. The molecule has 0 radical (unpaired) electrons. The first-order valence-corrected chi connectivity index (χ1v) is 7.45.